The highest BCUT2D eigenvalue weighted by atomic mass is 32.2. The fourth-order valence-electron chi connectivity index (χ4n) is 1.67. The van der Waals surface area contributed by atoms with Crippen molar-refractivity contribution in [1.29, 1.82) is 0 Å². The van der Waals surface area contributed by atoms with E-state index in [1.165, 1.54) is 6.08 Å². The van der Waals surface area contributed by atoms with Gasteiger partial charge in [0, 0.05) is 5.92 Å². The molecule has 0 aliphatic carbocycles. The molecule has 0 spiro atoms. The van der Waals surface area contributed by atoms with Crippen LogP contribution in [0.1, 0.15) is 13.3 Å². The van der Waals surface area contributed by atoms with Crippen LogP contribution in [0.5, 0.6) is 0 Å². The van der Waals surface area contributed by atoms with Crippen LogP contribution in [0, 0.1) is 5.92 Å². The molecular weight excluding hydrogens is 244 g/mol. The maximum Gasteiger partial charge on any atom is 0.152 e. The van der Waals surface area contributed by atoms with Crippen molar-refractivity contribution in [2.75, 3.05) is 6.26 Å². The molecule has 1 aliphatic rings. The molecule has 0 aromatic heterocycles. The van der Waals surface area contributed by atoms with E-state index in [0.717, 1.165) is 6.42 Å². The lowest BCUT2D eigenvalue weighted by Gasteiger charge is -2.11. The van der Waals surface area contributed by atoms with Crippen molar-refractivity contribution < 1.29 is 15.0 Å². The molecule has 5 heteroatoms. The molecule has 3 nitrogen and oxygen atoms in total. The first-order valence-corrected chi connectivity index (χ1v) is 7.16. The number of ketones is 1. The van der Waals surface area contributed by atoms with Gasteiger partial charge in [0.25, 0.3) is 0 Å². The minimum absolute atomic E-state index is 0.0242. The highest BCUT2D eigenvalue weighted by molar-refractivity contribution is 8.17. The third-order valence-electron chi connectivity index (χ3n) is 2.48. The summed E-state index contributed by atoms with van der Waals surface area (Å²) < 4.78 is 0.370. The van der Waals surface area contributed by atoms with Gasteiger partial charge >= 0.3 is 0 Å². The van der Waals surface area contributed by atoms with Gasteiger partial charge in [0.15, 0.2) is 5.76 Å². The standard InChI is InChI=1S/C11H16O3S2/c1-6(12)9(14)4-8-5-10(15-3)16-11(8)7(2)13/h4,8,10-12,14H,1,5H2,2-3H3/b9-4+. The molecule has 1 saturated heterocycles. The lowest BCUT2D eigenvalue weighted by Crippen LogP contribution is -2.18. The van der Waals surface area contributed by atoms with E-state index in [2.05, 4.69) is 6.58 Å². The molecule has 1 rings (SSSR count). The van der Waals surface area contributed by atoms with E-state index in [1.54, 1.807) is 30.4 Å². The molecule has 16 heavy (non-hydrogen) atoms. The van der Waals surface area contributed by atoms with Gasteiger partial charge in [-0.05, 0) is 25.7 Å². The van der Waals surface area contributed by atoms with Crippen molar-refractivity contribution in [2.24, 2.45) is 5.92 Å². The molecule has 3 atom stereocenters. The quantitative estimate of drug-likeness (QED) is 0.601. The Morgan fingerprint density at radius 1 is 1.56 bits per heavy atom. The van der Waals surface area contributed by atoms with Gasteiger partial charge in [-0.15, -0.1) is 11.8 Å². The first-order chi connectivity index (χ1) is 7.45. The Morgan fingerprint density at radius 2 is 2.19 bits per heavy atom. The van der Waals surface area contributed by atoms with Gasteiger partial charge < -0.3 is 10.2 Å². The van der Waals surface area contributed by atoms with E-state index in [9.17, 15) is 9.90 Å². The minimum atomic E-state index is -0.347. The Hall–Kier alpha value is -0.550. The van der Waals surface area contributed by atoms with Gasteiger partial charge in [-0.1, -0.05) is 6.58 Å². The largest absolute Gasteiger partial charge is 0.505 e. The molecule has 1 fully saturated rings. The number of thioether (sulfide) groups is 2. The number of hydrogen-bond acceptors (Lipinski definition) is 5. The lowest BCUT2D eigenvalue weighted by molar-refractivity contribution is -0.116. The number of allylic oxidation sites excluding steroid dienone is 1. The Balaban J connectivity index is 2.81. The average molecular weight is 260 g/mol. The van der Waals surface area contributed by atoms with Crippen molar-refractivity contribution in [2.45, 2.75) is 23.2 Å². The molecule has 3 unspecified atom stereocenters. The van der Waals surface area contributed by atoms with Crippen LogP contribution in [0.4, 0.5) is 0 Å². The second kappa shape index (κ2) is 5.68. The number of carbonyl (C=O) groups is 1. The predicted octanol–water partition coefficient (Wildman–Crippen LogP) is 2.90. The SMILES string of the molecule is C=C(O)/C(O)=C\C1CC(SC)SC1C(C)=O. The van der Waals surface area contributed by atoms with E-state index < -0.39 is 0 Å². The molecule has 0 saturated carbocycles. The Bertz CT molecular complexity index is 325. The van der Waals surface area contributed by atoms with Crippen molar-refractivity contribution in [1.82, 2.24) is 0 Å². The third-order valence-corrected chi connectivity index (χ3v) is 5.58. The van der Waals surface area contributed by atoms with E-state index >= 15 is 0 Å². The summed E-state index contributed by atoms with van der Waals surface area (Å²) in [5, 5.41) is 18.3. The summed E-state index contributed by atoms with van der Waals surface area (Å²) in [6.45, 7) is 4.81. The van der Waals surface area contributed by atoms with Crippen molar-refractivity contribution in [3.8, 4) is 0 Å². The van der Waals surface area contributed by atoms with Gasteiger partial charge in [-0.2, -0.15) is 11.8 Å². The highest BCUT2D eigenvalue weighted by Crippen LogP contribution is 2.44. The van der Waals surface area contributed by atoms with Crippen LogP contribution >= 0.6 is 23.5 Å². The normalized spacial score (nSPS) is 30.4. The van der Waals surface area contributed by atoms with Crippen LogP contribution in [0.2, 0.25) is 0 Å². The van der Waals surface area contributed by atoms with Crippen LogP contribution in [0.25, 0.3) is 0 Å². The summed E-state index contributed by atoms with van der Waals surface area (Å²) in [4.78, 5) is 11.4. The van der Waals surface area contributed by atoms with E-state index in [4.69, 9.17) is 5.11 Å². The monoisotopic (exact) mass is 260 g/mol. The van der Waals surface area contributed by atoms with Gasteiger partial charge in [0.1, 0.15) is 11.5 Å². The Labute approximate surface area is 104 Å². The minimum Gasteiger partial charge on any atom is -0.505 e. The zero-order chi connectivity index (χ0) is 12.3. The first kappa shape index (κ1) is 13.5. The number of rotatable bonds is 4. The highest BCUT2D eigenvalue weighted by Gasteiger charge is 2.36. The number of carbonyl (C=O) groups excluding carboxylic acids is 1. The number of Topliss-reactive ketones (excluding diaryl/α,β-unsaturated/α-hetero) is 1. The van der Waals surface area contributed by atoms with Gasteiger partial charge in [0.2, 0.25) is 0 Å². The van der Waals surface area contributed by atoms with Crippen molar-refractivity contribution >= 4 is 29.3 Å². The summed E-state index contributed by atoms with van der Waals surface area (Å²) in [5.74, 6) is -0.485. The summed E-state index contributed by atoms with van der Waals surface area (Å²) in [6, 6.07) is 0. The maximum atomic E-state index is 11.4. The van der Waals surface area contributed by atoms with Crippen LogP contribution in [-0.4, -0.2) is 32.1 Å². The predicted molar refractivity (Wildman–Crippen MR) is 70.0 cm³/mol. The van der Waals surface area contributed by atoms with Crippen LogP contribution in [0.3, 0.4) is 0 Å². The molecule has 1 heterocycles. The lowest BCUT2D eigenvalue weighted by atomic mass is 9.98. The molecule has 2 N–H and O–H groups in total. The Kier molecular flexibility index (Phi) is 4.80. The third kappa shape index (κ3) is 3.22. The zero-order valence-corrected chi connectivity index (χ0v) is 11.0. The second-order valence-electron chi connectivity index (χ2n) is 3.73. The van der Waals surface area contributed by atoms with E-state index in [0.29, 0.717) is 4.58 Å². The molecule has 1 aliphatic heterocycles. The fourth-order valence-corrected chi connectivity index (χ4v) is 4.13. The molecular formula is C11H16O3S2. The van der Waals surface area contributed by atoms with Crippen LogP contribution in [-0.2, 0) is 4.79 Å². The summed E-state index contributed by atoms with van der Waals surface area (Å²) in [6.07, 6.45) is 4.37. The topological polar surface area (TPSA) is 57.5 Å². The summed E-state index contributed by atoms with van der Waals surface area (Å²) >= 11 is 3.33. The smallest absolute Gasteiger partial charge is 0.152 e. The molecule has 0 bridgehead atoms. The van der Waals surface area contributed by atoms with Gasteiger partial charge in [0.05, 0.1) is 9.83 Å². The molecule has 0 aromatic carbocycles. The van der Waals surface area contributed by atoms with Crippen LogP contribution in [0.15, 0.2) is 24.2 Å². The molecule has 0 radical (unpaired) electrons. The second-order valence-corrected chi connectivity index (χ2v) is 6.42. The zero-order valence-electron chi connectivity index (χ0n) is 9.34. The fraction of sp³-hybridized carbons (Fsp3) is 0.545. The van der Waals surface area contributed by atoms with Crippen LogP contribution < -0.4 is 0 Å². The van der Waals surface area contributed by atoms with Gasteiger partial charge in [-0.25, -0.2) is 0 Å². The number of hydrogen-bond donors (Lipinski definition) is 2. The summed E-state index contributed by atoms with van der Waals surface area (Å²) in [7, 11) is 0. The molecule has 0 amide bonds. The van der Waals surface area contributed by atoms with E-state index in [1.807, 2.05) is 6.26 Å². The Morgan fingerprint density at radius 3 is 2.62 bits per heavy atom. The van der Waals surface area contributed by atoms with Crippen molar-refractivity contribution in [3.05, 3.63) is 24.2 Å². The summed E-state index contributed by atoms with van der Waals surface area (Å²) in [5.41, 5.74) is 0. The maximum absolute atomic E-state index is 11.4. The van der Waals surface area contributed by atoms with E-state index in [-0.39, 0.29) is 28.5 Å². The van der Waals surface area contributed by atoms with Gasteiger partial charge in [-0.3, -0.25) is 4.79 Å². The van der Waals surface area contributed by atoms with Crippen molar-refractivity contribution in [3.63, 3.8) is 0 Å². The molecule has 90 valence electrons. The molecule has 0 aromatic rings. The number of aliphatic hydroxyl groups is 2. The average Bonchev–Trinajstić information content (AvgIpc) is 2.61. The number of aliphatic hydroxyl groups excluding tert-OH is 2. The first-order valence-electron chi connectivity index (χ1n) is 4.93.